The first-order chi connectivity index (χ1) is 12.4. The van der Waals surface area contributed by atoms with Gasteiger partial charge in [-0.3, -0.25) is 0 Å². The van der Waals surface area contributed by atoms with Gasteiger partial charge in [-0.15, -0.1) is 0 Å². The molecule has 1 aliphatic heterocycles. The molecule has 2 aromatic carbocycles. The number of nitrogens with two attached hydrogens (primary N) is 1. The van der Waals surface area contributed by atoms with Crippen LogP contribution in [0.3, 0.4) is 0 Å². The van der Waals surface area contributed by atoms with E-state index in [-0.39, 0.29) is 29.8 Å². The van der Waals surface area contributed by atoms with Gasteiger partial charge in [0, 0.05) is 18.3 Å². The van der Waals surface area contributed by atoms with Crippen LogP contribution in [0, 0.1) is 5.82 Å². The van der Waals surface area contributed by atoms with Crippen LogP contribution in [0.5, 0.6) is 0 Å². The van der Waals surface area contributed by atoms with E-state index in [0.717, 1.165) is 16.7 Å². The molecule has 4 rings (SSSR count). The van der Waals surface area contributed by atoms with Crippen LogP contribution in [0.15, 0.2) is 59.6 Å². The first-order valence-electron chi connectivity index (χ1n) is 7.90. The minimum absolute atomic E-state index is 0.131. The van der Waals surface area contributed by atoms with Crippen molar-refractivity contribution in [2.75, 3.05) is 5.73 Å². The van der Waals surface area contributed by atoms with Crippen molar-refractivity contribution in [2.45, 2.75) is 18.0 Å². The fourth-order valence-corrected chi connectivity index (χ4v) is 4.30. The quantitative estimate of drug-likeness (QED) is 0.765. The summed E-state index contributed by atoms with van der Waals surface area (Å²) in [5.74, 6) is -0.183. The zero-order chi connectivity index (χ0) is 18.3. The van der Waals surface area contributed by atoms with Crippen LogP contribution in [0.1, 0.15) is 11.3 Å². The van der Waals surface area contributed by atoms with Crippen LogP contribution < -0.4 is 5.73 Å². The maximum atomic E-state index is 13.0. The number of halogens is 1. The van der Waals surface area contributed by atoms with Crippen LogP contribution in [0.2, 0.25) is 0 Å². The van der Waals surface area contributed by atoms with Crippen molar-refractivity contribution in [3.8, 4) is 11.1 Å². The van der Waals surface area contributed by atoms with Crippen molar-refractivity contribution in [1.82, 2.24) is 14.3 Å². The fraction of sp³-hybridized carbons (Fsp3) is 0.111. The standard InChI is InChI=1S/C18H15FN4O2S/c19-15-5-1-12(2-6-15)13-3-7-16(8-4-13)26(24,25)23-10-14-9-21-18(20)22-17(14)11-23/h1-9H,10-11H2,(H2,20,21,22). The number of sulfonamides is 1. The van der Waals surface area contributed by atoms with Crippen molar-refractivity contribution >= 4 is 16.0 Å². The molecule has 0 saturated heterocycles. The SMILES string of the molecule is Nc1ncc2c(n1)CN(S(=O)(=O)c1ccc(-c3ccc(F)cc3)cc1)C2. The summed E-state index contributed by atoms with van der Waals surface area (Å²) >= 11 is 0. The molecule has 2 N–H and O–H groups in total. The van der Waals surface area contributed by atoms with Gasteiger partial charge in [0.05, 0.1) is 17.1 Å². The maximum absolute atomic E-state index is 13.0. The Bertz CT molecular complexity index is 1070. The van der Waals surface area contributed by atoms with E-state index >= 15 is 0 Å². The lowest BCUT2D eigenvalue weighted by molar-refractivity contribution is 0.430. The number of nitrogens with zero attached hydrogens (tertiary/aromatic N) is 3. The summed E-state index contributed by atoms with van der Waals surface area (Å²) in [5.41, 5.74) is 8.57. The second-order valence-electron chi connectivity index (χ2n) is 6.00. The lowest BCUT2D eigenvalue weighted by atomic mass is 10.1. The monoisotopic (exact) mass is 370 g/mol. The van der Waals surface area contributed by atoms with Crippen molar-refractivity contribution in [2.24, 2.45) is 0 Å². The largest absolute Gasteiger partial charge is 0.368 e. The summed E-state index contributed by atoms with van der Waals surface area (Å²) in [5, 5.41) is 0. The van der Waals surface area contributed by atoms with E-state index in [1.807, 2.05) is 0 Å². The van der Waals surface area contributed by atoms with Crippen molar-refractivity contribution in [1.29, 1.82) is 0 Å². The second-order valence-corrected chi connectivity index (χ2v) is 7.94. The van der Waals surface area contributed by atoms with E-state index in [9.17, 15) is 12.8 Å². The molecule has 0 radical (unpaired) electrons. The Morgan fingerprint density at radius 2 is 1.58 bits per heavy atom. The van der Waals surface area contributed by atoms with E-state index in [4.69, 9.17) is 5.73 Å². The summed E-state index contributed by atoms with van der Waals surface area (Å²) in [6.45, 7) is 0.391. The Hall–Kier alpha value is -2.84. The molecule has 0 saturated carbocycles. The van der Waals surface area contributed by atoms with Gasteiger partial charge >= 0.3 is 0 Å². The normalized spacial score (nSPS) is 14.3. The van der Waals surface area contributed by atoms with Crippen LogP contribution in [0.25, 0.3) is 11.1 Å². The van der Waals surface area contributed by atoms with Gasteiger partial charge in [0.15, 0.2) is 0 Å². The lowest BCUT2D eigenvalue weighted by Crippen LogP contribution is -2.25. The predicted octanol–water partition coefficient (Wildman–Crippen LogP) is 2.57. The molecule has 26 heavy (non-hydrogen) atoms. The van der Waals surface area contributed by atoms with Crippen LogP contribution in [-0.2, 0) is 23.1 Å². The third-order valence-electron chi connectivity index (χ3n) is 4.32. The summed E-state index contributed by atoms with van der Waals surface area (Å²) in [4.78, 5) is 8.20. The second kappa shape index (κ2) is 6.15. The number of fused-ring (bicyclic) bond motifs is 1. The molecule has 0 unspecified atom stereocenters. The molecule has 1 aromatic heterocycles. The van der Waals surface area contributed by atoms with Crippen LogP contribution in [0.4, 0.5) is 10.3 Å². The van der Waals surface area contributed by atoms with E-state index < -0.39 is 10.0 Å². The first-order valence-corrected chi connectivity index (χ1v) is 9.34. The predicted molar refractivity (Wildman–Crippen MR) is 94.7 cm³/mol. The highest BCUT2D eigenvalue weighted by molar-refractivity contribution is 7.89. The Labute approximate surface area is 150 Å². The third-order valence-corrected chi connectivity index (χ3v) is 6.12. The van der Waals surface area contributed by atoms with Gasteiger partial charge < -0.3 is 5.73 Å². The van der Waals surface area contributed by atoms with Crippen molar-refractivity contribution < 1.29 is 12.8 Å². The minimum Gasteiger partial charge on any atom is -0.368 e. The van der Waals surface area contributed by atoms with E-state index in [2.05, 4.69) is 9.97 Å². The zero-order valence-electron chi connectivity index (χ0n) is 13.6. The van der Waals surface area contributed by atoms with Crippen molar-refractivity contribution in [3.63, 3.8) is 0 Å². The Morgan fingerprint density at radius 1 is 0.962 bits per heavy atom. The van der Waals surface area contributed by atoms with Gasteiger partial charge in [0.2, 0.25) is 16.0 Å². The van der Waals surface area contributed by atoms with Gasteiger partial charge in [0.1, 0.15) is 5.82 Å². The lowest BCUT2D eigenvalue weighted by Gasteiger charge is -2.15. The average Bonchev–Trinajstić information content (AvgIpc) is 3.06. The van der Waals surface area contributed by atoms with Gasteiger partial charge in [-0.1, -0.05) is 24.3 Å². The molecule has 0 atom stereocenters. The molecule has 132 valence electrons. The average molecular weight is 370 g/mol. The number of nitrogen functional groups attached to an aromatic ring is 1. The Kier molecular flexibility index (Phi) is 3.93. The molecular weight excluding hydrogens is 355 g/mol. The molecule has 0 bridgehead atoms. The molecule has 2 heterocycles. The molecule has 0 amide bonds. The Balaban J connectivity index is 1.60. The highest BCUT2D eigenvalue weighted by Crippen LogP contribution is 2.29. The molecule has 0 fully saturated rings. The van der Waals surface area contributed by atoms with Gasteiger partial charge in [0.25, 0.3) is 0 Å². The maximum Gasteiger partial charge on any atom is 0.243 e. The number of anilines is 1. The first kappa shape index (κ1) is 16.6. The van der Waals surface area contributed by atoms with Crippen LogP contribution in [-0.4, -0.2) is 22.7 Å². The minimum atomic E-state index is -3.66. The van der Waals surface area contributed by atoms with Crippen LogP contribution >= 0.6 is 0 Å². The molecule has 0 aliphatic carbocycles. The van der Waals surface area contributed by atoms with Gasteiger partial charge in [-0.05, 0) is 35.4 Å². The summed E-state index contributed by atoms with van der Waals surface area (Å²) in [6, 6.07) is 12.6. The molecular formula is C18H15FN4O2S. The van der Waals surface area contributed by atoms with E-state index in [1.165, 1.54) is 16.4 Å². The van der Waals surface area contributed by atoms with E-state index in [1.54, 1.807) is 42.6 Å². The molecule has 8 heteroatoms. The number of aromatic nitrogens is 2. The van der Waals surface area contributed by atoms with Gasteiger partial charge in [-0.25, -0.2) is 22.8 Å². The third kappa shape index (κ3) is 2.93. The molecule has 3 aromatic rings. The van der Waals surface area contributed by atoms with E-state index in [0.29, 0.717) is 5.69 Å². The molecule has 1 aliphatic rings. The smallest absolute Gasteiger partial charge is 0.243 e. The van der Waals surface area contributed by atoms with Gasteiger partial charge in [-0.2, -0.15) is 4.31 Å². The highest BCUT2D eigenvalue weighted by atomic mass is 32.2. The Morgan fingerprint density at radius 3 is 2.23 bits per heavy atom. The summed E-state index contributed by atoms with van der Waals surface area (Å²) in [6.07, 6.45) is 1.56. The number of benzene rings is 2. The number of hydrogen-bond donors (Lipinski definition) is 1. The summed E-state index contributed by atoms with van der Waals surface area (Å²) < 4.78 is 40.1. The number of rotatable bonds is 3. The summed E-state index contributed by atoms with van der Waals surface area (Å²) in [7, 11) is -3.66. The molecule has 0 spiro atoms. The number of hydrogen-bond acceptors (Lipinski definition) is 5. The molecule has 6 nitrogen and oxygen atoms in total. The highest BCUT2D eigenvalue weighted by Gasteiger charge is 2.31. The van der Waals surface area contributed by atoms with Crippen molar-refractivity contribution in [3.05, 3.63) is 71.8 Å². The zero-order valence-corrected chi connectivity index (χ0v) is 14.4. The topological polar surface area (TPSA) is 89.2 Å². The fourth-order valence-electron chi connectivity index (χ4n) is 2.92.